The van der Waals surface area contributed by atoms with Gasteiger partial charge >= 0.3 is 0 Å². The molecule has 0 unspecified atom stereocenters. The maximum Gasteiger partial charge on any atom is 0.0690 e. The molecule has 154 valence electrons. The Balaban J connectivity index is 1.63. The molecule has 1 N–H and O–H groups in total. The maximum absolute atomic E-state index is 10.5. The molecule has 0 aliphatic carbocycles. The average molecular weight is 386 g/mol. The molecular formula is C23H35N3O2. The smallest absolute Gasteiger partial charge is 0.0690 e. The van der Waals surface area contributed by atoms with E-state index in [9.17, 15) is 5.11 Å². The van der Waals surface area contributed by atoms with Gasteiger partial charge < -0.3 is 14.4 Å². The van der Waals surface area contributed by atoms with Crippen LogP contribution < -0.4 is 0 Å². The Morgan fingerprint density at radius 1 is 1.07 bits per heavy atom. The van der Waals surface area contributed by atoms with Gasteiger partial charge in [0.25, 0.3) is 0 Å². The fraction of sp³-hybridized carbons (Fsp3) is 0.565. The Kier molecular flexibility index (Phi) is 8.10. The standard InChI is InChI=1S/C23H35N3O2/c1-20(2)23(27)19-25(12-11-24-13-15-28-16-14-24)18-22-9-6-10-26(22)17-21-7-4-3-5-8-21/h3-10,20,23,27H,11-19H2,1-2H3/t23-/m0/s1. The van der Waals surface area contributed by atoms with Crippen molar-refractivity contribution in [2.75, 3.05) is 45.9 Å². The number of hydrogen-bond acceptors (Lipinski definition) is 4. The number of hydrogen-bond donors (Lipinski definition) is 1. The zero-order chi connectivity index (χ0) is 19.8. The zero-order valence-corrected chi connectivity index (χ0v) is 17.3. The summed E-state index contributed by atoms with van der Waals surface area (Å²) in [5.41, 5.74) is 2.60. The average Bonchev–Trinajstić information content (AvgIpc) is 3.14. The van der Waals surface area contributed by atoms with Crippen LogP contribution in [0.25, 0.3) is 0 Å². The van der Waals surface area contributed by atoms with Crippen LogP contribution in [0.1, 0.15) is 25.1 Å². The molecule has 1 saturated heterocycles. The van der Waals surface area contributed by atoms with Crippen LogP contribution in [-0.4, -0.2) is 71.5 Å². The molecule has 28 heavy (non-hydrogen) atoms. The highest BCUT2D eigenvalue weighted by atomic mass is 16.5. The second-order valence-electron chi connectivity index (χ2n) is 8.11. The van der Waals surface area contributed by atoms with Crippen molar-refractivity contribution in [1.82, 2.24) is 14.4 Å². The third kappa shape index (κ3) is 6.45. The lowest BCUT2D eigenvalue weighted by molar-refractivity contribution is 0.0257. The van der Waals surface area contributed by atoms with Crippen molar-refractivity contribution in [3.63, 3.8) is 0 Å². The monoisotopic (exact) mass is 385 g/mol. The lowest BCUT2D eigenvalue weighted by Gasteiger charge is -2.31. The van der Waals surface area contributed by atoms with Crippen molar-refractivity contribution in [3.8, 4) is 0 Å². The van der Waals surface area contributed by atoms with E-state index in [2.05, 4.69) is 76.9 Å². The number of rotatable bonds is 10. The van der Waals surface area contributed by atoms with Gasteiger partial charge in [-0.1, -0.05) is 44.2 Å². The Bertz CT molecular complexity index is 680. The van der Waals surface area contributed by atoms with Gasteiger partial charge in [-0.2, -0.15) is 0 Å². The molecule has 3 rings (SSSR count). The van der Waals surface area contributed by atoms with Gasteiger partial charge in [-0.05, 0) is 23.6 Å². The van der Waals surface area contributed by atoms with E-state index in [-0.39, 0.29) is 12.0 Å². The van der Waals surface area contributed by atoms with E-state index in [4.69, 9.17) is 4.74 Å². The predicted octanol–water partition coefficient (Wildman–Crippen LogP) is 2.69. The van der Waals surface area contributed by atoms with Gasteiger partial charge in [-0.15, -0.1) is 0 Å². The fourth-order valence-corrected chi connectivity index (χ4v) is 3.57. The van der Waals surface area contributed by atoms with E-state index in [1.807, 2.05) is 0 Å². The molecule has 5 nitrogen and oxygen atoms in total. The summed E-state index contributed by atoms with van der Waals surface area (Å²) in [6.45, 7) is 12.3. The minimum atomic E-state index is -0.303. The topological polar surface area (TPSA) is 40.9 Å². The van der Waals surface area contributed by atoms with Crippen molar-refractivity contribution in [1.29, 1.82) is 0 Å². The molecule has 2 heterocycles. The first kappa shape index (κ1) is 21.1. The van der Waals surface area contributed by atoms with Crippen LogP contribution in [-0.2, 0) is 17.8 Å². The number of benzene rings is 1. The van der Waals surface area contributed by atoms with Gasteiger partial charge in [0, 0.05) is 57.7 Å². The second kappa shape index (κ2) is 10.8. The molecule has 0 saturated carbocycles. The first-order valence-electron chi connectivity index (χ1n) is 10.5. The fourth-order valence-electron chi connectivity index (χ4n) is 3.57. The molecule has 1 atom stereocenters. The lowest BCUT2D eigenvalue weighted by Crippen LogP contribution is -2.43. The predicted molar refractivity (Wildman–Crippen MR) is 113 cm³/mol. The Morgan fingerprint density at radius 3 is 2.54 bits per heavy atom. The summed E-state index contributed by atoms with van der Waals surface area (Å²) in [7, 11) is 0. The Labute approximate surface area is 169 Å². The third-order valence-electron chi connectivity index (χ3n) is 5.56. The minimum absolute atomic E-state index is 0.266. The second-order valence-corrected chi connectivity index (χ2v) is 8.11. The van der Waals surface area contributed by atoms with Crippen LogP contribution in [0.4, 0.5) is 0 Å². The quantitative estimate of drug-likeness (QED) is 0.683. The van der Waals surface area contributed by atoms with E-state index in [1.165, 1.54) is 11.3 Å². The van der Waals surface area contributed by atoms with Crippen LogP contribution in [0.15, 0.2) is 48.7 Å². The van der Waals surface area contributed by atoms with Gasteiger partial charge in [0.1, 0.15) is 0 Å². The number of morpholine rings is 1. The number of aromatic nitrogens is 1. The van der Waals surface area contributed by atoms with E-state index in [0.29, 0.717) is 6.54 Å². The van der Waals surface area contributed by atoms with Gasteiger partial charge in [-0.3, -0.25) is 9.80 Å². The summed E-state index contributed by atoms with van der Waals surface area (Å²) < 4.78 is 7.78. The molecule has 0 radical (unpaired) electrons. The van der Waals surface area contributed by atoms with Crippen LogP contribution in [0.3, 0.4) is 0 Å². The number of aliphatic hydroxyl groups excluding tert-OH is 1. The summed E-state index contributed by atoms with van der Waals surface area (Å²) in [5.74, 6) is 0.266. The van der Waals surface area contributed by atoms with Gasteiger partial charge in [-0.25, -0.2) is 0 Å². The lowest BCUT2D eigenvalue weighted by atomic mass is 10.1. The molecule has 1 aliphatic heterocycles. The van der Waals surface area contributed by atoms with Gasteiger partial charge in [0.2, 0.25) is 0 Å². The molecule has 2 aromatic rings. The molecule has 1 aromatic carbocycles. The van der Waals surface area contributed by atoms with Gasteiger partial charge in [0.05, 0.1) is 19.3 Å². The largest absolute Gasteiger partial charge is 0.392 e. The van der Waals surface area contributed by atoms with Crippen LogP contribution >= 0.6 is 0 Å². The summed E-state index contributed by atoms with van der Waals surface area (Å²) in [5, 5.41) is 10.5. The van der Waals surface area contributed by atoms with E-state index in [1.54, 1.807) is 0 Å². The van der Waals surface area contributed by atoms with Crippen LogP contribution in [0.2, 0.25) is 0 Å². The van der Waals surface area contributed by atoms with Crippen LogP contribution in [0.5, 0.6) is 0 Å². The zero-order valence-electron chi connectivity index (χ0n) is 17.3. The highest BCUT2D eigenvalue weighted by Crippen LogP contribution is 2.13. The first-order valence-corrected chi connectivity index (χ1v) is 10.5. The number of nitrogens with zero attached hydrogens (tertiary/aromatic N) is 3. The van der Waals surface area contributed by atoms with E-state index >= 15 is 0 Å². The van der Waals surface area contributed by atoms with Crippen molar-refractivity contribution in [2.24, 2.45) is 5.92 Å². The Morgan fingerprint density at radius 2 is 1.82 bits per heavy atom. The van der Waals surface area contributed by atoms with Crippen molar-refractivity contribution in [3.05, 3.63) is 59.9 Å². The highest BCUT2D eigenvalue weighted by molar-refractivity contribution is 5.17. The van der Waals surface area contributed by atoms with Crippen molar-refractivity contribution >= 4 is 0 Å². The molecule has 1 aliphatic rings. The maximum atomic E-state index is 10.5. The SMILES string of the molecule is CC(C)[C@@H](O)CN(CCN1CCOCC1)Cc1cccn1Cc1ccccc1. The Hall–Kier alpha value is -1.66. The van der Waals surface area contributed by atoms with Crippen LogP contribution in [0, 0.1) is 5.92 Å². The summed E-state index contributed by atoms with van der Waals surface area (Å²) >= 11 is 0. The van der Waals surface area contributed by atoms with E-state index < -0.39 is 0 Å². The first-order chi connectivity index (χ1) is 13.6. The highest BCUT2D eigenvalue weighted by Gasteiger charge is 2.18. The molecule has 1 aromatic heterocycles. The van der Waals surface area contributed by atoms with Gasteiger partial charge in [0.15, 0.2) is 0 Å². The van der Waals surface area contributed by atoms with Crippen molar-refractivity contribution < 1.29 is 9.84 Å². The number of ether oxygens (including phenoxy) is 1. The molecule has 0 amide bonds. The number of aliphatic hydroxyl groups is 1. The minimum Gasteiger partial charge on any atom is -0.392 e. The molecule has 5 heteroatoms. The molecule has 1 fully saturated rings. The summed E-state index contributed by atoms with van der Waals surface area (Å²) in [6.07, 6.45) is 1.85. The molecular weight excluding hydrogens is 350 g/mol. The molecule has 0 spiro atoms. The summed E-state index contributed by atoms with van der Waals surface area (Å²) in [4.78, 5) is 4.86. The van der Waals surface area contributed by atoms with E-state index in [0.717, 1.165) is 52.5 Å². The summed E-state index contributed by atoms with van der Waals surface area (Å²) in [6, 6.07) is 14.9. The molecule has 0 bridgehead atoms. The van der Waals surface area contributed by atoms with Crippen molar-refractivity contribution in [2.45, 2.75) is 33.0 Å². The third-order valence-corrected chi connectivity index (χ3v) is 5.56. The normalized spacial score (nSPS) is 16.8.